The largest absolute Gasteiger partial charge is 0.398 e. The van der Waals surface area contributed by atoms with E-state index in [-0.39, 0.29) is 0 Å². The molecule has 2 N–H and O–H groups in total. The van der Waals surface area contributed by atoms with Crippen LogP contribution in [0.1, 0.15) is 5.56 Å². The van der Waals surface area contributed by atoms with Crippen LogP contribution in [0, 0.1) is 6.92 Å². The number of nitrogens with zero attached hydrogens (tertiary/aromatic N) is 2. The Morgan fingerprint density at radius 1 is 0.947 bits per heavy atom. The molecular weight excluding hydrogens is 234 g/mol. The lowest BCUT2D eigenvalue weighted by molar-refractivity contribution is 1.13. The van der Waals surface area contributed by atoms with Gasteiger partial charge in [-0.05, 0) is 42.8 Å². The molecule has 0 radical (unpaired) electrons. The molecule has 0 saturated heterocycles. The monoisotopic (exact) mass is 251 g/mol. The smallest absolute Gasteiger partial charge is 0.0730 e. The topological polar surface area (TPSA) is 42.2 Å². The van der Waals surface area contributed by atoms with Crippen LogP contribution in [-0.2, 0) is 0 Å². The predicted octanol–water partition coefficient (Wildman–Crippen LogP) is 3.34. The Bertz CT molecular complexity index is 776. The normalized spacial score (nSPS) is 11.1. The molecule has 0 unspecified atom stereocenters. The van der Waals surface area contributed by atoms with E-state index in [9.17, 15) is 0 Å². The average Bonchev–Trinajstić information content (AvgIpc) is 2.37. The molecule has 3 rings (SSSR count). The van der Waals surface area contributed by atoms with Crippen LogP contribution in [0.2, 0.25) is 0 Å². The van der Waals surface area contributed by atoms with Crippen LogP contribution in [0.15, 0.2) is 36.4 Å². The van der Waals surface area contributed by atoms with Crippen molar-refractivity contribution in [1.29, 1.82) is 0 Å². The van der Waals surface area contributed by atoms with Crippen molar-refractivity contribution in [2.24, 2.45) is 0 Å². The fourth-order valence-corrected chi connectivity index (χ4v) is 2.27. The summed E-state index contributed by atoms with van der Waals surface area (Å²) in [4.78, 5) is 6.79. The van der Waals surface area contributed by atoms with Crippen LogP contribution in [0.3, 0.4) is 0 Å². The molecule has 2 aromatic carbocycles. The Kier molecular flexibility index (Phi) is 2.56. The minimum absolute atomic E-state index is 0.795. The molecule has 3 heteroatoms. The summed E-state index contributed by atoms with van der Waals surface area (Å²) < 4.78 is 0. The van der Waals surface area contributed by atoms with E-state index in [1.807, 2.05) is 27.1 Å². The van der Waals surface area contributed by atoms with Crippen molar-refractivity contribution < 1.29 is 0 Å². The van der Waals surface area contributed by atoms with E-state index in [4.69, 9.17) is 10.7 Å². The van der Waals surface area contributed by atoms with Gasteiger partial charge in [-0.1, -0.05) is 6.07 Å². The molecule has 3 aromatic rings. The number of rotatable bonds is 1. The Morgan fingerprint density at radius 3 is 2.42 bits per heavy atom. The summed E-state index contributed by atoms with van der Waals surface area (Å²) in [6, 6.07) is 12.5. The highest BCUT2D eigenvalue weighted by atomic mass is 15.1. The molecule has 0 spiro atoms. The molecule has 0 fully saturated rings. The molecule has 96 valence electrons. The van der Waals surface area contributed by atoms with Crippen LogP contribution in [0.4, 0.5) is 11.4 Å². The Balaban J connectivity index is 2.32. The van der Waals surface area contributed by atoms with Gasteiger partial charge in [-0.2, -0.15) is 0 Å². The maximum absolute atomic E-state index is 5.96. The van der Waals surface area contributed by atoms with Crippen LogP contribution in [-0.4, -0.2) is 19.1 Å². The molecular formula is C16H17N3. The molecule has 0 aliphatic rings. The summed E-state index contributed by atoms with van der Waals surface area (Å²) in [5, 5.41) is 2.29. The minimum atomic E-state index is 0.795. The molecule has 0 aliphatic carbocycles. The zero-order valence-corrected chi connectivity index (χ0v) is 11.4. The zero-order valence-electron chi connectivity index (χ0n) is 11.4. The number of fused-ring (bicyclic) bond motifs is 2. The van der Waals surface area contributed by atoms with Gasteiger partial charge in [0.25, 0.3) is 0 Å². The van der Waals surface area contributed by atoms with Gasteiger partial charge in [0, 0.05) is 36.2 Å². The summed E-state index contributed by atoms with van der Waals surface area (Å²) in [6.07, 6.45) is 0. The number of benzene rings is 2. The van der Waals surface area contributed by atoms with Crippen LogP contribution in [0.25, 0.3) is 21.8 Å². The maximum Gasteiger partial charge on any atom is 0.0730 e. The van der Waals surface area contributed by atoms with Crippen molar-refractivity contribution >= 4 is 33.2 Å². The summed E-state index contributed by atoms with van der Waals surface area (Å²) >= 11 is 0. The Hall–Kier alpha value is -2.29. The molecule has 19 heavy (non-hydrogen) atoms. The fraction of sp³-hybridized carbons (Fsp3) is 0.188. The molecule has 0 saturated carbocycles. The molecule has 1 heterocycles. The molecule has 0 aliphatic heterocycles. The number of pyridine rings is 1. The first-order valence-corrected chi connectivity index (χ1v) is 6.32. The third-order valence-corrected chi connectivity index (χ3v) is 3.50. The lowest BCUT2D eigenvalue weighted by Gasteiger charge is -2.13. The van der Waals surface area contributed by atoms with Gasteiger partial charge in [-0.3, -0.25) is 0 Å². The first-order valence-electron chi connectivity index (χ1n) is 6.32. The van der Waals surface area contributed by atoms with Crippen molar-refractivity contribution in [2.75, 3.05) is 24.7 Å². The van der Waals surface area contributed by atoms with Gasteiger partial charge >= 0.3 is 0 Å². The first-order chi connectivity index (χ1) is 9.04. The van der Waals surface area contributed by atoms with E-state index in [0.717, 1.165) is 38.7 Å². The molecule has 1 aromatic heterocycles. The van der Waals surface area contributed by atoms with Gasteiger partial charge in [0.2, 0.25) is 0 Å². The van der Waals surface area contributed by atoms with Gasteiger partial charge in [0.05, 0.1) is 11.0 Å². The Labute approximate surface area is 112 Å². The van der Waals surface area contributed by atoms with Gasteiger partial charge in [-0.25, -0.2) is 4.98 Å². The Morgan fingerprint density at radius 2 is 1.68 bits per heavy atom. The summed E-state index contributed by atoms with van der Waals surface area (Å²) in [6.45, 7) is 2.02. The van der Waals surface area contributed by atoms with Gasteiger partial charge in [-0.15, -0.1) is 0 Å². The van der Waals surface area contributed by atoms with Gasteiger partial charge in [0.1, 0.15) is 0 Å². The van der Waals surface area contributed by atoms with E-state index < -0.39 is 0 Å². The van der Waals surface area contributed by atoms with E-state index in [1.165, 1.54) is 0 Å². The van der Waals surface area contributed by atoms with Crippen LogP contribution < -0.4 is 10.6 Å². The van der Waals surface area contributed by atoms with Gasteiger partial charge in [0.15, 0.2) is 0 Å². The molecule has 3 nitrogen and oxygen atoms in total. The standard InChI is InChI=1S/C16H17N3/c1-10-6-12-7-11-4-5-13(19(2)3)8-15(11)18-16(12)9-14(10)17/h4-9H,17H2,1-3H3. The van der Waals surface area contributed by atoms with E-state index in [1.54, 1.807) is 0 Å². The van der Waals surface area contributed by atoms with Crippen LogP contribution in [0.5, 0.6) is 0 Å². The number of nitrogens with two attached hydrogens (primary N) is 1. The number of hydrogen-bond acceptors (Lipinski definition) is 3. The number of hydrogen-bond donors (Lipinski definition) is 1. The number of aryl methyl sites for hydroxylation is 1. The van der Waals surface area contributed by atoms with Crippen molar-refractivity contribution in [1.82, 2.24) is 4.98 Å². The molecule has 0 amide bonds. The quantitative estimate of drug-likeness (QED) is 0.532. The van der Waals surface area contributed by atoms with E-state index >= 15 is 0 Å². The number of anilines is 2. The average molecular weight is 251 g/mol. The second kappa shape index (κ2) is 4.12. The van der Waals surface area contributed by atoms with Crippen LogP contribution >= 0.6 is 0 Å². The van der Waals surface area contributed by atoms with Crippen molar-refractivity contribution in [2.45, 2.75) is 6.92 Å². The second-order valence-electron chi connectivity index (χ2n) is 5.16. The highest BCUT2D eigenvalue weighted by molar-refractivity contribution is 5.95. The van der Waals surface area contributed by atoms with Gasteiger partial charge < -0.3 is 10.6 Å². The maximum atomic E-state index is 5.96. The highest BCUT2D eigenvalue weighted by Crippen LogP contribution is 2.26. The highest BCUT2D eigenvalue weighted by Gasteiger charge is 2.04. The number of nitrogen functional groups attached to an aromatic ring is 1. The van der Waals surface area contributed by atoms with E-state index in [0.29, 0.717) is 0 Å². The fourth-order valence-electron chi connectivity index (χ4n) is 2.27. The third-order valence-electron chi connectivity index (χ3n) is 3.50. The summed E-state index contributed by atoms with van der Waals surface area (Å²) in [7, 11) is 4.06. The summed E-state index contributed by atoms with van der Waals surface area (Å²) in [5.41, 5.74) is 11.0. The SMILES string of the molecule is Cc1cc2cc3ccc(N(C)C)cc3nc2cc1N. The third kappa shape index (κ3) is 1.97. The minimum Gasteiger partial charge on any atom is -0.398 e. The molecule has 0 bridgehead atoms. The molecule has 0 atom stereocenters. The van der Waals surface area contributed by atoms with Crippen molar-refractivity contribution in [3.63, 3.8) is 0 Å². The number of aromatic nitrogens is 1. The summed E-state index contributed by atoms with van der Waals surface area (Å²) in [5.74, 6) is 0. The predicted molar refractivity (Wildman–Crippen MR) is 82.7 cm³/mol. The van der Waals surface area contributed by atoms with Crippen molar-refractivity contribution in [3.8, 4) is 0 Å². The lowest BCUT2D eigenvalue weighted by Crippen LogP contribution is -2.08. The van der Waals surface area contributed by atoms with E-state index in [2.05, 4.69) is 35.2 Å². The first kappa shape index (κ1) is 11.8. The van der Waals surface area contributed by atoms with Crippen molar-refractivity contribution in [3.05, 3.63) is 42.0 Å². The lowest BCUT2D eigenvalue weighted by atomic mass is 10.1. The second-order valence-corrected chi connectivity index (χ2v) is 5.16. The zero-order chi connectivity index (χ0) is 13.6.